The summed E-state index contributed by atoms with van der Waals surface area (Å²) in [5.74, 6) is -0.459. The summed E-state index contributed by atoms with van der Waals surface area (Å²) in [6.45, 7) is 7.82. The Morgan fingerprint density at radius 1 is 1.31 bits per heavy atom. The summed E-state index contributed by atoms with van der Waals surface area (Å²) < 4.78 is 0. The molecule has 2 aliphatic heterocycles. The molecule has 1 radical (unpaired) electrons. The summed E-state index contributed by atoms with van der Waals surface area (Å²) in [5, 5.41) is 5.66. The van der Waals surface area contributed by atoms with Crippen molar-refractivity contribution >= 4 is 11.8 Å². The molecule has 0 spiro atoms. The number of carbonyl (C=O) groups is 2. The van der Waals surface area contributed by atoms with E-state index in [1.165, 1.54) is 0 Å². The van der Waals surface area contributed by atoms with Gasteiger partial charge in [-0.2, -0.15) is 0 Å². The number of carbonyl (C=O) groups excluding carboxylic acids is 2. The van der Waals surface area contributed by atoms with Gasteiger partial charge in [-0.05, 0) is 13.3 Å². The summed E-state index contributed by atoms with van der Waals surface area (Å²) in [4.78, 5) is 24.9. The maximum Gasteiger partial charge on any atom is 0.231 e. The van der Waals surface area contributed by atoms with E-state index in [-0.39, 0.29) is 23.8 Å². The van der Waals surface area contributed by atoms with Crippen LogP contribution < -0.4 is 10.6 Å². The van der Waals surface area contributed by atoms with Crippen molar-refractivity contribution < 1.29 is 9.59 Å². The van der Waals surface area contributed by atoms with Crippen molar-refractivity contribution in [3.8, 4) is 0 Å². The number of nitrogens with one attached hydrogen (secondary N) is 2. The van der Waals surface area contributed by atoms with Crippen LogP contribution in [0, 0.1) is 12.8 Å². The van der Waals surface area contributed by atoms with Crippen LogP contribution in [-0.4, -0.2) is 48.9 Å². The summed E-state index contributed by atoms with van der Waals surface area (Å²) >= 11 is 0. The highest BCUT2D eigenvalue weighted by Gasteiger charge is 2.34. The standard InChI is InChI=1S/C11H18N3O2/c1-8(14-6-4-12-5-7-14)9-2-3-10(15)13-11(9)16/h8-9,12H,1-7H2,(H,13,15,16). The molecule has 16 heavy (non-hydrogen) atoms. The quantitative estimate of drug-likeness (QED) is 0.600. The van der Waals surface area contributed by atoms with Gasteiger partial charge >= 0.3 is 0 Å². The molecule has 0 aromatic rings. The third-order valence-corrected chi connectivity index (χ3v) is 3.37. The Morgan fingerprint density at radius 2 is 2.00 bits per heavy atom. The van der Waals surface area contributed by atoms with Crippen LogP contribution in [0.3, 0.4) is 0 Å². The van der Waals surface area contributed by atoms with Crippen LogP contribution in [0.2, 0.25) is 0 Å². The summed E-state index contributed by atoms with van der Waals surface area (Å²) in [6, 6.07) is -0.0183. The predicted molar refractivity (Wildman–Crippen MR) is 59.5 cm³/mol. The normalized spacial score (nSPS) is 29.9. The van der Waals surface area contributed by atoms with Gasteiger partial charge in [0.25, 0.3) is 0 Å². The van der Waals surface area contributed by atoms with Gasteiger partial charge in [0.2, 0.25) is 11.8 Å². The number of nitrogens with zero attached hydrogens (tertiary/aromatic N) is 1. The van der Waals surface area contributed by atoms with Crippen molar-refractivity contribution in [1.29, 1.82) is 0 Å². The molecule has 89 valence electrons. The number of rotatable bonds is 2. The molecule has 2 saturated heterocycles. The first-order valence-corrected chi connectivity index (χ1v) is 5.80. The zero-order valence-electron chi connectivity index (χ0n) is 9.37. The second kappa shape index (κ2) is 4.93. The van der Waals surface area contributed by atoms with E-state index < -0.39 is 0 Å². The minimum absolute atomic E-state index is 0.0183. The van der Waals surface area contributed by atoms with Gasteiger partial charge in [0, 0.05) is 38.6 Å². The van der Waals surface area contributed by atoms with Crippen LogP contribution in [0.4, 0.5) is 0 Å². The van der Waals surface area contributed by atoms with Crippen LogP contribution in [-0.2, 0) is 9.59 Å². The molecule has 2 heterocycles. The highest BCUT2D eigenvalue weighted by Crippen LogP contribution is 2.20. The van der Waals surface area contributed by atoms with Crippen molar-refractivity contribution in [2.24, 2.45) is 5.92 Å². The molecule has 0 saturated carbocycles. The molecule has 5 nitrogen and oxygen atoms in total. The van der Waals surface area contributed by atoms with Gasteiger partial charge in [-0.1, -0.05) is 0 Å². The van der Waals surface area contributed by atoms with E-state index >= 15 is 0 Å². The maximum atomic E-state index is 11.7. The first-order chi connectivity index (χ1) is 7.68. The lowest BCUT2D eigenvalue weighted by atomic mass is 9.90. The molecular weight excluding hydrogens is 206 g/mol. The van der Waals surface area contributed by atoms with E-state index in [1.807, 2.05) is 0 Å². The number of piperidine rings is 1. The predicted octanol–water partition coefficient (Wildman–Crippen LogP) is -0.853. The van der Waals surface area contributed by atoms with Gasteiger partial charge in [-0.25, -0.2) is 0 Å². The molecule has 2 N–H and O–H groups in total. The van der Waals surface area contributed by atoms with Crippen LogP contribution in [0.5, 0.6) is 0 Å². The Hall–Kier alpha value is -0.940. The van der Waals surface area contributed by atoms with E-state index in [2.05, 4.69) is 22.5 Å². The van der Waals surface area contributed by atoms with E-state index in [1.54, 1.807) is 0 Å². The molecule has 2 fully saturated rings. The number of hydrogen-bond acceptors (Lipinski definition) is 4. The SMILES string of the molecule is [CH2]C(C1CCC(=O)NC1=O)N1CCNCC1. The summed E-state index contributed by atoms with van der Waals surface area (Å²) in [6.07, 6.45) is 1.07. The first kappa shape index (κ1) is 11.5. The number of hydrogen-bond donors (Lipinski definition) is 2. The van der Waals surface area contributed by atoms with Gasteiger partial charge in [-0.3, -0.25) is 19.8 Å². The molecular formula is C11H18N3O2. The van der Waals surface area contributed by atoms with Crippen LogP contribution in [0.25, 0.3) is 0 Å². The minimum Gasteiger partial charge on any atom is -0.314 e. The summed E-state index contributed by atoms with van der Waals surface area (Å²) in [5.41, 5.74) is 0. The molecule has 2 atom stereocenters. The maximum absolute atomic E-state index is 11.7. The zero-order chi connectivity index (χ0) is 11.5. The van der Waals surface area contributed by atoms with Gasteiger partial charge in [0.15, 0.2) is 0 Å². The van der Waals surface area contributed by atoms with Crippen molar-refractivity contribution in [2.75, 3.05) is 26.2 Å². The highest BCUT2D eigenvalue weighted by molar-refractivity contribution is 5.98. The average molecular weight is 224 g/mol. The Kier molecular flexibility index (Phi) is 3.56. The molecule has 0 aliphatic carbocycles. The largest absolute Gasteiger partial charge is 0.314 e. The Labute approximate surface area is 95.6 Å². The van der Waals surface area contributed by atoms with Crippen LogP contribution in [0.15, 0.2) is 0 Å². The number of amides is 2. The van der Waals surface area contributed by atoms with E-state index in [4.69, 9.17) is 0 Å². The molecule has 2 aliphatic rings. The Balaban J connectivity index is 1.95. The molecule has 0 bridgehead atoms. The van der Waals surface area contributed by atoms with E-state index in [0.29, 0.717) is 12.8 Å². The lowest BCUT2D eigenvalue weighted by Crippen LogP contribution is -2.54. The van der Waals surface area contributed by atoms with Gasteiger partial charge < -0.3 is 5.32 Å². The monoisotopic (exact) mass is 224 g/mol. The average Bonchev–Trinajstić information content (AvgIpc) is 2.29. The van der Waals surface area contributed by atoms with Crippen molar-refractivity contribution in [3.05, 3.63) is 6.92 Å². The highest BCUT2D eigenvalue weighted by atomic mass is 16.2. The Bertz CT molecular complexity index is 287. The van der Waals surface area contributed by atoms with E-state index in [9.17, 15) is 9.59 Å². The fraction of sp³-hybridized carbons (Fsp3) is 0.727. The second-order valence-corrected chi connectivity index (χ2v) is 4.41. The molecule has 0 aromatic carbocycles. The van der Waals surface area contributed by atoms with Crippen molar-refractivity contribution in [2.45, 2.75) is 18.9 Å². The van der Waals surface area contributed by atoms with Gasteiger partial charge in [-0.15, -0.1) is 0 Å². The molecule has 2 rings (SSSR count). The lowest BCUT2D eigenvalue weighted by Gasteiger charge is -2.37. The van der Waals surface area contributed by atoms with E-state index in [0.717, 1.165) is 26.2 Å². The third-order valence-electron chi connectivity index (χ3n) is 3.37. The number of piperazine rings is 1. The topological polar surface area (TPSA) is 61.4 Å². The van der Waals surface area contributed by atoms with Crippen molar-refractivity contribution in [1.82, 2.24) is 15.5 Å². The first-order valence-electron chi connectivity index (χ1n) is 5.80. The second-order valence-electron chi connectivity index (χ2n) is 4.41. The fourth-order valence-corrected chi connectivity index (χ4v) is 2.35. The molecule has 0 aromatic heterocycles. The zero-order valence-corrected chi connectivity index (χ0v) is 9.37. The van der Waals surface area contributed by atoms with Gasteiger partial charge in [0.05, 0.1) is 5.92 Å². The number of imide groups is 1. The lowest BCUT2D eigenvalue weighted by molar-refractivity contribution is -0.137. The summed E-state index contributed by atoms with van der Waals surface area (Å²) in [7, 11) is 0. The molecule has 2 unspecified atom stereocenters. The van der Waals surface area contributed by atoms with Gasteiger partial charge in [0.1, 0.15) is 0 Å². The minimum atomic E-state index is -0.159. The van der Waals surface area contributed by atoms with Crippen molar-refractivity contribution in [3.63, 3.8) is 0 Å². The van der Waals surface area contributed by atoms with Crippen LogP contribution >= 0.6 is 0 Å². The van der Waals surface area contributed by atoms with Crippen LogP contribution in [0.1, 0.15) is 12.8 Å². The fourth-order valence-electron chi connectivity index (χ4n) is 2.35. The third kappa shape index (κ3) is 2.41. The molecule has 5 heteroatoms. The Morgan fingerprint density at radius 3 is 2.62 bits per heavy atom. The smallest absolute Gasteiger partial charge is 0.231 e. The molecule has 2 amide bonds.